The lowest BCUT2D eigenvalue weighted by atomic mass is 10.1. The van der Waals surface area contributed by atoms with Crippen molar-refractivity contribution in [2.45, 2.75) is 26.9 Å². The first-order valence-electron chi connectivity index (χ1n) is 6.84. The Balaban J connectivity index is 2.10. The van der Waals surface area contributed by atoms with Crippen molar-refractivity contribution in [1.82, 2.24) is 0 Å². The van der Waals surface area contributed by atoms with Crippen molar-refractivity contribution in [2.24, 2.45) is 0 Å². The van der Waals surface area contributed by atoms with Crippen LogP contribution in [-0.2, 0) is 6.61 Å². The second kappa shape index (κ2) is 6.96. The Morgan fingerprint density at radius 2 is 1.70 bits per heavy atom. The monoisotopic (exact) mass is 272 g/mol. The fraction of sp³-hybridized carbons (Fsp3) is 0.294. The maximum atomic E-state index is 9.36. The van der Waals surface area contributed by atoms with Crippen molar-refractivity contribution in [1.29, 1.82) is 0 Å². The van der Waals surface area contributed by atoms with E-state index in [1.165, 1.54) is 0 Å². The van der Waals surface area contributed by atoms with Crippen LogP contribution in [0.5, 0.6) is 17.2 Å². The molecular weight excluding hydrogens is 252 g/mol. The third kappa shape index (κ3) is 3.75. The van der Waals surface area contributed by atoms with Gasteiger partial charge < -0.3 is 14.6 Å². The van der Waals surface area contributed by atoms with E-state index in [1.807, 2.05) is 49.4 Å². The average Bonchev–Trinajstić information content (AvgIpc) is 2.48. The molecule has 0 amide bonds. The summed E-state index contributed by atoms with van der Waals surface area (Å²) < 4.78 is 11.3. The van der Waals surface area contributed by atoms with Gasteiger partial charge in [0.05, 0.1) is 13.2 Å². The summed E-state index contributed by atoms with van der Waals surface area (Å²) in [5.41, 5.74) is 1.89. The van der Waals surface area contributed by atoms with Gasteiger partial charge in [0.25, 0.3) is 0 Å². The quantitative estimate of drug-likeness (QED) is 0.861. The summed E-state index contributed by atoms with van der Waals surface area (Å²) in [5, 5.41) is 9.36. The topological polar surface area (TPSA) is 38.7 Å². The molecule has 0 unspecified atom stereocenters. The van der Waals surface area contributed by atoms with Gasteiger partial charge in [-0.25, -0.2) is 0 Å². The van der Waals surface area contributed by atoms with Gasteiger partial charge in [-0.15, -0.1) is 0 Å². The number of hydrogen-bond donors (Lipinski definition) is 1. The first-order valence-corrected chi connectivity index (χ1v) is 6.84. The molecule has 0 aliphatic heterocycles. The Kier molecular flexibility index (Phi) is 5.02. The zero-order valence-electron chi connectivity index (χ0n) is 11.9. The average molecular weight is 272 g/mol. The number of aliphatic hydroxyl groups excluding tert-OH is 1. The molecule has 2 rings (SSSR count). The van der Waals surface area contributed by atoms with Gasteiger partial charge in [0, 0.05) is 5.56 Å². The molecule has 106 valence electrons. The maximum absolute atomic E-state index is 9.36. The van der Waals surface area contributed by atoms with E-state index in [4.69, 9.17) is 9.47 Å². The Hall–Kier alpha value is -2.00. The molecule has 0 aromatic heterocycles. The molecule has 1 N–H and O–H groups in total. The molecule has 2 aromatic rings. The smallest absolute Gasteiger partial charge is 0.132 e. The van der Waals surface area contributed by atoms with Crippen molar-refractivity contribution in [3.8, 4) is 17.2 Å². The van der Waals surface area contributed by atoms with Crippen LogP contribution in [-0.4, -0.2) is 11.7 Å². The number of benzene rings is 2. The van der Waals surface area contributed by atoms with Gasteiger partial charge >= 0.3 is 0 Å². The van der Waals surface area contributed by atoms with E-state index in [-0.39, 0.29) is 6.61 Å². The van der Waals surface area contributed by atoms with Crippen LogP contribution in [0.1, 0.15) is 24.5 Å². The van der Waals surface area contributed by atoms with Crippen LogP contribution in [0.15, 0.2) is 42.5 Å². The summed E-state index contributed by atoms with van der Waals surface area (Å²) in [4.78, 5) is 0. The molecule has 0 aliphatic carbocycles. The highest BCUT2D eigenvalue weighted by Crippen LogP contribution is 2.27. The van der Waals surface area contributed by atoms with Crippen LogP contribution in [0.25, 0.3) is 0 Å². The lowest BCUT2D eigenvalue weighted by Gasteiger charge is -2.11. The van der Waals surface area contributed by atoms with Crippen molar-refractivity contribution >= 4 is 0 Å². The minimum atomic E-state index is -0.0330. The lowest BCUT2D eigenvalue weighted by molar-refractivity contribution is 0.276. The predicted octanol–water partition coefficient (Wildman–Crippen LogP) is 4.07. The van der Waals surface area contributed by atoms with Crippen molar-refractivity contribution in [3.05, 3.63) is 53.6 Å². The highest BCUT2D eigenvalue weighted by Gasteiger charge is 2.05. The van der Waals surface area contributed by atoms with Gasteiger partial charge in [0.2, 0.25) is 0 Å². The van der Waals surface area contributed by atoms with E-state index < -0.39 is 0 Å². The number of ether oxygens (including phenoxy) is 2. The number of hydrogen-bond acceptors (Lipinski definition) is 3. The summed E-state index contributed by atoms with van der Waals surface area (Å²) in [6.45, 7) is 4.75. The van der Waals surface area contributed by atoms with E-state index >= 15 is 0 Å². The third-order valence-corrected chi connectivity index (χ3v) is 2.91. The van der Waals surface area contributed by atoms with Crippen LogP contribution in [0.4, 0.5) is 0 Å². The van der Waals surface area contributed by atoms with Gasteiger partial charge in [-0.3, -0.25) is 0 Å². The van der Waals surface area contributed by atoms with Crippen LogP contribution in [0, 0.1) is 6.92 Å². The standard InChI is InChI=1S/C17H20O3/c1-3-10-19-15-5-7-16(8-6-15)20-17-9-4-13(2)11-14(17)12-18/h4-9,11,18H,3,10,12H2,1-2H3. The first-order chi connectivity index (χ1) is 9.72. The molecule has 0 spiro atoms. The molecule has 0 radical (unpaired) electrons. The van der Waals surface area contributed by atoms with Gasteiger partial charge in [-0.2, -0.15) is 0 Å². The van der Waals surface area contributed by atoms with Gasteiger partial charge in [-0.1, -0.05) is 24.6 Å². The Morgan fingerprint density at radius 1 is 1.00 bits per heavy atom. The molecule has 0 atom stereocenters. The largest absolute Gasteiger partial charge is 0.494 e. The summed E-state index contributed by atoms with van der Waals surface area (Å²) in [6, 6.07) is 13.3. The van der Waals surface area contributed by atoms with E-state index in [0.29, 0.717) is 12.4 Å². The number of rotatable bonds is 6. The number of aliphatic hydroxyl groups is 1. The second-order valence-corrected chi connectivity index (χ2v) is 4.69. The highest BCUT2D eigenvalue weighted by molar-refractivity contribution is 5.41. The fourth-order valence-electron chi connectivity index (χ4n) is 1.88. The highest BCUT2D eigenvalue weighted by atomic mass is 16.5. The molecule has 3 nitrogen and oxygen atoms in total. The minimum Gasteiger partial charge on any atom is -0.494 e. The van der Waals surface area contributed by atoms with E-state index in [9.17, 15) is 5.11 Å². The fourth-order valence-corrected chi connectivity index (χ4v) is 1.88. The number of aryl methyl sites for hydroxylation is 1. The molecule has 0 aliphatic rings. The lowest BCUT2D eigenvalue weighted by Crippen LogP contribution is -1.95. The van der Waals surface area contributed by atoms with Gasteiger partial charge in [0.15, 0.2) is 0 Å². The molecule has 0 fully saturated rings. The van der Waals surface area contributed by atoms with Crippen LogP contribution in [0.3, 0.4) is 0 Å². The molecule has 0 saturated heterocycles. The van der Waals surface area contributed by atoms with Gasteiger partial charge in [0.1, 0.15) is 17.2 Å². The molecule has 20 heavy (non-hydrogen) atoms. The summed E-state index contributed by atoms with van der Waals surface area (Å²) >= 11 is 0. The summed E-state index contributed by atoms with van der Waals surface area (Å²) in [6.07, 6.45) is 0.988. The van der Waals surface area contributed by atoms with Crippen LogP contribution >= 0.6 is 0 Å². The first kappa shape index (κ1) is 14.4. The Bertz CT molecular complexity index is 547. The minimum absolute atomic E-state index is 0.0330. The van der Waals surface area contributed by atoms with Crippen molar-refractivity contribution in [3.63, 3.8) is 0 Å². The predicted molar refractivity (Wildman–Crippen MR) is 79.4 cm³/mol. The summed E-state index contributed by atoms with van der Waals surface area (Å²) in [5.74, 6) is 2.25. The van der Waals surface area contributed by atoms with Crippen molar-refractivity contribution in [2.75, 3.05) is 6.61 Å². The zero-order chi connectivity index (χ0) is 14.4. The Morgan fingerprint density at radius 3 is 2.35 bits per heavy atom. The molecule has 0 bridgehead atoms. The van der Waals surface area contributed by atoms with E-state index in [2.05, 4.69) is 6.92 Å². The molecular formula is C17H20O3. The van der Waals surface area contributed by atoms with E-state index in [0.717, 1.165) is 29.0 Å². The summed E-state index contributed by atoms with van der Waals surface area (Å²) in [7, 11) is 0. The molecule has 0 saturated carbocycles. The molecule has 0 heterocycles. The SMILES string of the molecule is CCCOc1ccc(Oc2ccc(C)cc2CO)cc1. The van der Waals surface area contributed by atoms with Crippen molar-refractivity contribution < 1.29 is 14.6 Å². The maximum Gasteiger partial charge on any atom is 0.132 e. The van der Waals surface area contributed by atoms with E-state index in [1.54, 1.807) is 0 Å². The van der Waals surface area contributed by atoms with Crippen LogP contribution < -0.4 is 9.47 Å². The normalized spacial score (nSPS) is 10.3. The third-order valence-electron chi connectivity index (χ3n) is 2.91. The van der Waals surface area contributed by atoms with Crippen LogP contribution in [0.2, 0.25) is 0 Å². The Labute approximate surface area is 119 Å². The molecule has 2 aromatic carbocycles. The second-order valence-electron chi connectivity index (χ2n) is 4.69. The molecule has 3 heteroatoms. The van der Waals surface area contributed by atoms with Gasteiger partial charge in [-0.05, 0) is 43.7 Å². The zero-order valence-corrected chi connectivity index (χ0v) is 11.9.